The molecule has 0 radical (unpaired) electrons. The smallest absolute Gasteiger partial charge is 0.307 e. The molecule has 0 aliphatic heterocycles. The summed E-state index contributed by atoms with van der Waals surface area (Å²) in [5.41, 5.74) is 1.53. The first-order valence-corrected chi connectivity index (χ1v) is 6.07. The molecular weight excluding hydrogens is 271 g/mol. The monoisotopic (exact) mass is 287 g/mol. The minimum absolute atomic E-state index is 0.276. The van der Waals surface area contributed by atoms with Crippen LogP contribution in [0.5, 0.6) is 0 Å². The van der Waals surface area contributed by atoms with Gasteiger partial charge in [0.15, 0.2) is 0 Å². The maximum Gasteiger partial charge on any atom is 0.433 e. The molecule has 5 nitrogen and oxygen atoms in total. The van der Waals surface area contributed by atoms with E-state index >= 15 is 0 Å². The molecule has 0 saturated carbocycles. The lowest BCUT2D eigenvalue weighted by Gasteiger charge is -2.04. The average Bonchev–Trinajstić information content (AvgIpc) is 2.82. The summed E-state index contributed by atoms with van der Waals surface area (Å²) in [6, 6.07) is 1.06. The Bertz CT molecular complexity index is 597. The van der Waals surface area contributed by atoms with Crippen LogP contribution in [0.3, 0.4) is 0 Å². The zero-order chi connectivity index (χ0) is 14.9. The minimum Gasteiger partial charge on any atom is -0.307 e. The number of nitrogens with one attached hydrogen (secondary N) is 1. The topological polar surface area (TPSA) is 47.7 Å². The van der Waals surface area contributed by atoms with Crippen molar-refractivity contribution in [3.63, 3.8) is 0 Å². The van der Waals surface area contributed by atoms with Gasteiger partial charge in [0.1, 0.15) is 5.69 Å². The first kappa shape index (κ1) is 14.6. The highest BCUT2D eigenvalue weighted by molar-refractivity contribution is 5.16. The number of hydrogen-bond acceptors (Lipinski definition) is 3. The van der Waals surface area contributed by atoms with Crippen LogP contribution in [0.1, 0.15) is 22.6 Å². The van der Waals surface area contributed by atoms with E-state index in [1.807, 2.05) is 20.2 Å². The normalized spacial score (nSPS) is 12.1. The van der Waals surface area contributed by atoms with Crippen molar-refractivity contribution in [3.8, 4) is 0 Å². The molecule has 0 aliphatic carbocycles. The van der Waals surface area contributed by atoms with Gasteiger partial charge in [-0.1, -0.05) is 0 Å². The first-order valence-electron chi connectivity index (χ1n) is 6.07. The highest BCUT2D eigenvalue weighted by Crippen LogP contribution is 2.29. The van der Waals surface area contributed by atoms with E-state index in [1.165, 1.54) is 7.05 Å². The largest absolute Gasteiger partial charge is 0.433 e. The Hall–Kier alpha value is -1.83. The molecule has 20 heavy (non-hydrogen) atoms. The molecule has 0 atom stereocenters. The van der Waals surface area contributed by atoms with E-state index in [2.05, 4.69) is 15.5 Å². The fourth-order valence-corrected chi connectivity index (χ4v) is 2.03. The van der Waals surface area contributed by atoms with E-state index in [0.29, 0.717) is 12.2 Å². The Balaban J connectivity index is 1.97. The Morgan fingerprint density at radius 1 is 1.20 bits per heavy atom. The van der Waals surface area contributed by atoms with Crippen LogP contribution in [0.15, 0.2) is 12.3 Å². The maximum absolute atomic E-state index is 12.6. The lowest BCUT2D eigenvalue weighted by Crippen LogP contribution is -2.13. The van der Waals surface area contributed by atoms with Gasteiger partial charge in [0, 0.05) is 38.9 Å². The van der Waals surface area contributed by atoms with E-state index < -0.39 is 11.9 Å². The van der Waals surface area contributed by atoms with Crippen molar-refractivity contribution in [3.05, 3.63) is 34.9 Å². The summed E-state index contributed by atoms with van der Waals surface area (Å²) in [5, 5.41) is 11.1. The van der Waals surface area contributed by atoms with Crippen LogP contribution in [-0.4, -0.2) is 19.6 Å². The SMILES string of the molecule is Cc1nn(C)cc1CNCc1cc(C(F)(F)F)n(C)n1. The molecule has 1 N–H and O–H groups in total. The second kappa shape index (κ2) is 5.28. The molecular formula is C12H16F3N5. The van der Waals surface area contributed by atoms with Gasteiger partial charge in [-0.2, -0.15) is 23.4 Å². The molecule has 0 bridgehead atoms. The highest BCUT2D eigenvalue weighted by Gasteiger charge is 2.34. The van der Waals surface area contributed by atoms with Crippen molar-refractivity contribution in [2.24, 2.45) is 14.1 Å². The third-order valence-corrected chi connectivity index (χ3v) is 2.96. The zero-order valence-corrected chi connectivity index (χ0v) is 11.5. The molecule has 0 aromatic carbocycles. The molecule has 0 fully saturated rings. The molecule has 8 heteroatoms. The fourth-order valence-electron chi connectivity index (χ4n) is 2.03. The van der Waals surface area contributed by atoms with Gasteiger partial charge >= 0.3 is 6.18 Å². The predicted molar refractivity (Wildman–Crippen MR) is 66.7 cm³/mol. The van der Waals surface area contributed by atoms with Gasteiger partial charge in [-0.05, 0) is 13.0 Å². The molecule has 110 valence electrons. The van der Waals surface area contributed by atoms with Crippen LogP contribution in [-0.2, 0) is 33.4 Å². The molecule has 0 unspecified atom stereocenters. The standard InChI is InChI=1S/C12H16F3N5/c1-8-9(7-19(2)17-8)5-16-6-10-4-11(12(13,14)15)20(3)18-10/h4,7,16H,5-6H2,1-3H3. The molecule has 2 heterocycles. The van der Waals surface area contributed by atoms with Crippen LogP contribution in [0.2, 0.25) is 0 Å². The second-order valence-electron chi connectivity index (χ2n) is 4.66. The van der Waals surface area contributed by atoms with Gasteiger partial charge in [-0.25, -0.2) is 0 Å². The molecule has 2 aromatic heterocycles. The third-order valence-electron chi connectivity index (χ3n) is 2.96. The van der Waals surface area contributed by atoms with Crippen LogP contribution >= 0.6 is 0 Å². The van der Waals surface area contributed by atoms with Gasteiger partial charge in [0.25, 0.3) is 0 Å². The lowest BCUT2D eigenvalue weighted by molar-refractivity contribution is -0.143. The fraction of sp³-hybridized carbons (Fsp3) is 0.500. The first-order chi connectivity index (χ1) is 9.27. The van der Waals surface area contributed by atoms with Gasteiger partial charge in [0.05, 0.1) is 11.4 Å². The van der Waals surface area contributed by atoms with Crippen molar-refractivity contribution < 1.29 is 13.2 Å². The van der Waals surface area contributed by atoms with Crippen LogP contribution in [0, 0.1) is 6.92 Å². The summed E-state index contributed by atoms with van der Waals surface area (Å²) in [5.74, 6) is 0. The maximum atomic E-state index is 12.6. The molecule has 0 saturated heterocycles. The Morgan fingerprint density at radius 2 is 1.90 bits per heavy atom. The van der Waals surface area contributed by atoms with Gasteiger partial charge < -0.3 is 5.32 Å². The number of alkyl halides is 3. The summed E-state index contributed by atoms with van der Waals surface area (Å²) in [4.78, 5) is 0. The summed E-state index contributed by atoms with van der Waals surface area (Å²) in [6.07, 6.45) is -2.50. The van der Waals surface area contributed by atoms with E-state index in [0.717, 1.165) is 22.0 Å². The van der Waals surface area contributed by atoms with Crippen LogP contribution < -0.4 is 5.32 Å². The third kappa shape index (κ3) is 3.19. The summed E-state index contributed by atoms with van der Waals surface area (Å²) < 4.78 is 40.4. The lowest BCUT2D eigenvalue weighted by atomic mass is 10.2. The number of rotatable bonds is 4. The molecule has 0 amide bonds. The van der Waals surface area contributed by atoms with Gasteiger partial charge in [0.2, 0.25) is 0 Å². The minimum atomic E-state index is -4.38. The van der Waals surface area contributed by atoms with Crippen LogP contribution in [0.4, 0.5) is 13.2 Å². The number of hydrogen-bond donors (Lipinski definition) is 1. The van der Waals surface area contributed by atoms with Crippen LogP contribution in [0.25, 0.3) is 0 Å². The number of nitrogens with zero attached hydrogens (tertiary/aromatic N) is 4. The van der Waals surface area contributed by atoms with Gasteiger partial charge in [-0.15, -0.1) is 0 Å². The van der Waals surface area contributed by atoms with Crippen molar-refractivity contribution in [2.75, 3.05) is 0 Å². The molecule has 0 spiro atoms. The number of aryl methyl sites for hydroxylation is 3. The summed E-state index contributed by atoms with van der Waals surface area (Å²) in [7, 11) is 3.11. The van der Waals surface area contributed by atoms with E-state index in [-0.39, 0.29) is 6.54 Å². The Morgan fingerprint density at radius 3 is 2.40 bits per heavy atom. The Kier molecular flexibility index (Phi) is 3.85. The van der Waals surface area contributed by atoms with Crippen molar-refractivity contribution in [2.45, 2.75) is 26.2 Å². The van der Waals surface area contributed by atoms with Crippen molar-refractivity contribution in [1.82, 2.24) is 24.9 Å². The van der Waals surface area contributed by atoms with Crippen molar-refractivity contribution >= 4 is 0 Å². The number of aromatic nitrogens is 4. The Labute approximate surface area is 114 Å². The zero-order valence-electron chi connectivity index (χ0n) is 11.5. The number of halogens is 3. The van der Waals surface area contributed by atoms with Gasteiger partial charge in [-0.3, -0.25) is 9.36 Å². The summed E-state index contributed by atoms with van der Waals surface area (Å²) in [6.45, 7) is 2.70. The average molecular weight is 287 g/mol. The van der Waals surface area contributed by atoms with E-state index in [1.54, 1.807) is 4.68 Å². The highest BCUT2D eigenvalue weighted by atomic mass is 19.4. The van der Waals surface area contributed by atoms with Crippen molar-refractivity contribution in [1.29, 1.82) is 0 Å². The van der Waals surface area contributed by atoms with E-state index in [4.69, 9.17) is 0 Å². The molecule has 2 aromatic rings. The predicted octanol–water partition coefficient (Wildman–Crippen LogP) is 1.77. The second-order valence-corrected chi connectivity index (χ2v) is 4.66. The summed E-state index contributed by atoms with van der Waals surface area (Å²) >= 11 is 0. The molecule has 0 aliphatic rings. The van der Waals surface area contributed by atoms with E-state index in [9.17, 15) is 13.2 Å². The molecule has 2 rings (SSSR count). The quantitative estimate of drug-likeness (QED) is 0.932.